The molecule has 2 aromatic carbocycles. The van der Waals surface area contributed by atoms with E-state index in [0.29, 0.717) is 29.5 Å². The molecule has 0 fully saturated rings. The van der Waals surface area contributed by atoms with Crippen LogP contribution in [0.4, 0.5) is 22.0 Å². The first-order chi connectivity index (χ1) is 14.8. The number of hydrogen-bond donors (Lipinski definition) is 0. The molecule has 1 heterocycles. The Balaban J connectivity index is 1.85. The van der Waals surface area contributed by atoms with Crippen LogP contribution in [0.1, 0.15) is 29.1 Å². The maximum atomic E-state index is 13.8. The summed E-state index contributed by atoms with van der Waals surface area (Å²) in [5.41, 5.74) is 0.887. The van der Waals surface area contributed by atoms with Gasteiger partial charge in [-0.05, 0) is 43.0 Å². The van der Waals surface area contributed by atoms with Crippen molar-refractivity contribution in [2.24, 2.45) is 0 Å². The molecule has 3 aromatic rings. The van der Waals surface area contributed by atoms with E-state index in [9.17, 15) is 26.7 Å². The highest BCUT2D eigenvalue weighted by atomic mass is 32.1. The minimum absolute atomic E-state index is 0.0621. The largest absolute Gasteiger partial charge is 0.416 e. The Morgan fingerprint density at radius 3 is 2.06 bits per heavy atom. The van der Waals surface area contributed by atoms with Crippen molar-refractivity contribution in [3.63, 3.8) is 0 Å². The summed E-state index contributed by atoms with van der Waals surface area (Å²) < 4.78 is 83.6. The lowest BCUT2D eigenvalue weighted by Gasteiger charge is -2.15. The minimum Gasteiger partial charge on any atom is -0.416 e. The summed E-state index contributed by atoms with van der Waals surface area (Å²) in [4.78, 5) is 12.2. The van der Waals surface area contributed by atoms with E-state index in [0.717, 1.165) is 16.9 Å². The number of hydrogen-bond acceptors (Lipinski definition) is 5. The zero-order chi connectivity index (χ0) is 22.7. The van der Waals surface area contributed by atoms with Crippen molar-refractivity contribution < 1.29 is 40.5 Å². The van der Waals surface area contributed by atoms with E-state index in [4.69, 9.17) is 9.05 Å². The second kappa shape index (κ2) is 9.99. The maximum absolute atomic E-state index is 13.8. The first kappa shape index (κ1) is 23.5. The SMILES string of the molecule is CCOP(Cc1ccc2sc(C(=O)Oc3c(F)c(F)c(F)c(F)c3F)cc2c1)OCC. The molecule has 0 bridgehead atoms. The van der Waals surface area contributed by atoms with Crippen molar-refractivity contribution in [3.05, 3.63) is 63.8 Å². The number of ether oxygens (including phenoxy) is 1. The van der Waals surface area contributed by atoms with Crippen LogP contribution in [0, 0.1) is 29.1 Å². The third-order valence-electron chi connectivity index (χ3n) is 4.00. The smallest absolute Gasteiger partial charge is 0.353 e. The van der Waals surface area contributed by atoms with Gasteiger partial charge in [-0.1, -0.05) is 6.07 Å². The van der Waals surface area contributed by atoms with Gasteiger partial charge in [0.2, 0.25) is 34.8 Å². The molecule has 3 rings (SSSR count). The molecule has 0 aliphatic heterocycles. The van der Waals surface area contributed by atoms with Gasteiger partial charge in [-0.2, -0.15) is 8.78 Å². The Kier molecular flexibility index (Phi) is 7.59. The number of fused-ring (bicyclic) bond motifs is 1. The fourth-order valence-corrected chi connectivity index (χ4v) is 4.92. The highest BCUT2D eigenvalue weighted by molar-refractivity contribution is 7.46. The van der Waals surface area contributed by atoms with E-state index in [2.05, 4.69) is 4.74 Å². The summed E-state index contributed by atoms with van der Waals surface area (Å²) in [5, 5.41) is 0.648. The minimum atomic E-state index is -2.33. The van der Waals surface area contributed by atoms with E-state index in [1.807, 2.05) is 19.9 Å². The molecule has 4 nitrogen and oxygen atoms in total. The van der Waals surface area contributed by atoms with Crippen molar-refractivity contribution >= 4 is 35.8 Å². The topological polar surface area (TPSA) is 44.8 Å². The molecule has 0 spiro atoms. The van der Waals surface area contributed by atoms with Gasteiger partial charge in [0.15, 0.2) is 8.38 Å². The highest BCUT2D eigenvalue weighted by Gasteiger charge is 2.29. The third kappa shape index (κ3) is 5.03. The van der Waals surface area contributed by atoms with Crippen molar-refractivity contribution in [3.8, 4) is 5.75 Å². The molecule has 0 radical (unpaired) electrons. The summed E-state index contributed by atoms with van der Waals surface area (Å²) in [7, 11) is -1.12. The summed E-state index contributed by atoms with van der Waals surface area (Å²) in [5.74, 6) is -14.0. The lowest BCUT2D eigenvalue weighted by atomic mass is 10.2. The number of carbonyl (C=O) groups is 1. The van der Waals surface area contributed by atoms with E-state index in [1.54, 1.807) is 12.1 Å². The summed E-state index contributed by atoms with van der Waals surface area (Å²) in [6.45, 7) is 4.72. The number of thiophene rings is 1. The molecule has 0 saturated heterocycles. The van der Waals surface area contributed by atoms with Crippen LogP contribution < -0.4 is 4.74 Å². The van der Waals surface area contributed by atoms with Crippen LogP contribution in [0.2, 0.25) is 0 Å². The second-order valence-electron chi connectivity index (χ2n) is 6.10. The molecule has 166 valence electrons. The predicted molar refractivity (Wildman–Crippen MR) is 107 cm³/mol. The van der Waals surface area contributed by atoms with Crippen LogP contribution in [0.15, 0.2) is 24.3 Å². The Bertz CT molecular complexity index is 1090. The monoisotopic (exact) mass is 478 g/mol. The van der Waals surface area contributed by atoms with Gasteiger partial charge in [0, 0.05) is 10.9 Å². The standard InChI is InChI=1S/C20H16F5O4PS/c1-3-27-30(28-4-2)9-10-5-6-12-11(7-10)8-13(31-12)20(26)29-19-17(24)15(22)14(21)16(23)18(19)25/h5-8H,3-4,9H2,1-2H3. The van der Waals surface area contributed by atoms with Gasteiger partial charge in [0.1, 0.15) is 4.88 Å². The molecular weight excluding hydrogens is 462 g/mol. The van der Waals surface area contributed by atoms with E-state index < -0.39 is 49.2 Å². The second-order valence-corrected chi connectivity index (χ2v) is 8.68. The van der Waals surface area contributed by atoms with Crippen molar-refractivity contribution in [1.29, 1.82) is 0 Å². The van der Waals surface area contributed by atoms with Gasteiger partial charge in [-0.15, -0.1) is 11.3 Å². The Morgan fingerprint density at radius 1 is 0.903 bits per heavy atom. The Morgan fingerprint density at radius 2 is 1.48 bits per heavy atom. The molecule has 0 aliphatic carbocycles. The molecule has 0 unspecified atom stereocenters. The first-order valence-electron chi connectivity index (χ1n) is 9.06. The zero-order valence-electron chi connectivity index (χ0n) is 16.3. The average Bonchev–Trinajstić information content (AvgIpc) is 3.18. The van der Waals surface area contributed by atoms with Crippen LogP contribution in [-0.4, -0.2) is 19.2 Å². The van der Waals surface area contributed by atoms with Crippen LogP contribution in [0.25, 0.3) is 10.1 Å². The fraction of sp³-hybridized carbons (Fsp3) is 0.250. The van der Waals surface area contributed by atoms with Crippen LogP contribution in [0.3, 0.4) is 0 Å². The number of carbonyl (C=O) groups excluding carboxylic acids is 1. The molecule has 0 aliphatic rings. The third-order valence-corrected chi connectivity index (χ3v) is 6.82. The Hall–Kier alpha value is -2.13. The van der Waals surface area contributed by atoms with Gasteiger partial charge in [0.05, 0.1) is 13.2 Å². The molecule has 0 atom stereocenters. The molecular formula is C20H16F5O4PS. The van der Waals surface area contributed by atoms with Crippen molar-refractivity contribution in [2.45, 2.75) is 20.0 Å². The molecule has 31 heavy (non-hydrogen) atoms. The normalized spacial score (nSPS) is 11.5. The predicted octanol–water partition coefficient (Wildman–Crippen LogP) is 6.70. The Labute approximate surface area is 179 Å². The van der Waals surface area contributed by atoms with Crippen LogP contribution >= 0.6 is 19.7 Å². The van der Waals surface area contributed by atoms with Gasteiger partial charge in [-0.25, -0.2) is 18.0 Å². The van der Waals surface area contributed by atoms with Crippen LogP contribution in [-0.2, 0) is 15.2 Å². The van der Waals surface area contributed by atoms with E-state index in [-0.39, 0.29) is 4.88 Å². The van der Waals surface area contributed by atoms with Gasteiger partial charge < -0.3 is 13.8 Å². The lowest BCUT2D eigenvalue weighted by molar-refractivity contribution is 0.0721. The fourth-order valence-electron chi connectivity index (χ4n) is 2.67. The maximum Gasteiger partial charge on any atom is 0.353 e. The van der Waals surface area contributed by atoms with Gasteiger partial charge in [0.25, 0.3) is 0 Å². The summed E-state index contributed by atoms with van der Waals surface area (Å²) >= 11 is 0.958. The molecule has 11 heteroatoms. The number of rotatable bonds is 8. The summed E-state index contributed by atoms with van der Waals surface area (Å²) in [6.07, 6.45) is 0.521. The van der Waals surface area contributed by atoms with Gasteiger partial charge in [-0.3, -0.25) is 0 Å². The summed E-state index contributed by atoms with van der Waals surface area (Å²) in [6, 6.07) is 6.79. The number of esters is 1. The van der Waals surface area contributed by atoms with Crippen molar-refractivity contribution in [2.75, 3.05) is 13.2 Å². The van der Waals surface area contributed by atoms with Crippen LogP contribution in [0.5, 0.6) is 5.75 Å². The van der Waals surface area contributed by atoms with E-state index >= 15 is 0 Å². The lowest BCUT2D eigenvalue weighted by Crippen LogP contribution is -2.12. The first-order valence-corrected chi connectivity index (χ1v) is 11.2. The average molecular weight is 478 g/mol. The zero-order valence-corrected chi connectivity index (χ0v) is 18.0. The molecule has 0 N–H and O–H groups in total. The van der Waals surface area contributed by atoms with Gasteiger partial charge >= 0.3 is 5.97 Å². The highest BCUT2D eigenvalue weighted by Crippen LogP contribution is 2.42. The van der Waals surface area contributed by atoms with E-state index in [1.165, 1.54) is 6.07 Å². The number of benzene rings is 2. The molecule has 0 amide bonds. The van der Waals surface area contributed by atoms with Crippen molar-refractivity contribution in [1.82, 2.24) is 0 Å². The molecule has 0 saturated carbocycles. The molecule has 1 aromatic heterocycles. The number of halogens is 5. The quantitative estimate of drug-likeness (QED) is 0.0903.